The molecule has 0 aromatic heterocycles. The molecule has 0 fully saturated rings. The van der Waals surface area contributed by atoms with E-state index in [1.165, 1.54) is 117 Å². The fourth-order valence-corrected chi connectivity index (χ4v) is 11.8. The van der Waals surface area contributed by atoms with Crippen LogP contribution >= 0.6 is 0 Å². The maximum absolute atomic E-state index is 2.68. The molecule has 1 heteroatoms. The van der Waals surface area contributed by atoms with Gasteiger partial charge in [-0.25, -0.2) is 0 Å². The van der Waals surface area contributed by atoms with Gasteiger partial charge >= 0.3 is 0 Å². The first kappa shape index (κ1) is 47.1. The molecule has 0 saturated carbocycles. The molecule has 0 nitrogen and oxygen atoms in total. The van der Waals surface area contributed by atoms with Crippen LogP contribution in [0.1, 0.15) is 240 Å². The third-order valence-electron chi connectivity index (χ3n) is 14.0. The molecule has 0 aliphatic heterocycles. The molecule has 4 aromatic rings. The molecule has 0 spiro atoms. The van der Waals surface area contributed by atoms with Crippen molar-refractivity contribution in [3.63, 3.8) is 0 Å². The maximum Gasteiger partial charge on any atom is 0.0397 e. The average molecular weight is 831 g/mol. The summed E-state index contributed by atoms with van der Waals surface area (Å²) >= 11 is 0. The summed E-state index contributed by atoms with van der Waals surface area (Å²) in [5, 5.41) is 0. The molecular weight excluding hydrogens is 749 g/mol. The van der Waals surface area contributed by atoms with Crippen molar-refractivity contribution >= 4 is 21.7 Å². The van der Waals surface area contributed by atoms with E-state index in [1.54, 1.807) is 22.3 Å². The average Bonchev–Trinajstić information content (AvgIpc) is 3.74. The van der Waals surface area contributed by atoms with Gasteiger partial charge in [-0.05, 0) is 138 Å². The minimum Gasteiger partial charge on any atom is -0.0654 e. The molecule has 0 bridgehead atoms. The second kappa shape index (κ2) is 19.1. The Morgan fingerprint density at radius 3 is 1.08 bits per heavy atom. The molecule has 2 aliphatic carbocycles. The van der Waals surface area contributed by atoms with Gasteiger partial charge in [0.2, 0.25) is 0 Å². The fraction of sp³-hybridized carbons (Fsp3) is 0.533. The fourth-order valence-electron chi connectivity index (χ4n) is 10.1. The van der Waals surface area contributed by atoms with Crippen LogP contribution in [-0.2, 0) is 10.8 Å². The van der Waals surface area contributed by atoms with E-state index in [2.05, 4.69) is 184 Å². The Balaban J connectivity index is 1.42. The maximum atomic E-state index is 2.68. The summed E-state index contributed by atoms with van der Waals surface area (Å²) in [5.41, 5.74) is 24.3. The lowest BCUT2D eigenvalue weighted by atomic mass is 9.77. The van der Waals surface area contributed by atoms with Crippen LogP contribution in [0.25, 0.3) is 34.4 Å². The molecule has 0 heterocycles. The molecule has 2 aliphatic rings. The summed E-state index contributed by atoms with van der Waals surface area (Å²) in [6.45, 7) is 38.0. The Labute approximate surface area is 377 Å². The van der Waals surface area contributed by atoms with E-state index >= 15 is 0 Å². The minimum absolute atomic E-state index is 0.0444. The minimum atomic E-state index is 0.0444. The zero-order chi connectivity index (χ0) is 44.6. The van der Waals surface area contributed by atoms with Gasteiger partial charge in [-0.2, -0.15) is 0 Å². The molecule has 0 N–H and O–H groups in total. The van der Waals surface area contributed by atoms with Crippen molar-refractivity contribution in [1.29, 1.82) is 0 Å². The number of hydrogen-bond donors (Lipinski definition) is 0. The van der Waals surface area contributed by atoms with Gasteiger partial charge < -0.3 is 0 Å². The van der Waals surface area contributed by atoms with Gasteiger partial charge in [0.15, 0.2) is 0 Å². The largest absolute Gasteiger partial charge is 0.0654 e. The lowest BCUT2D eigenvalue weighted by Crippen LogP contribution is -2.15. The first-order valence-corrected chi connectivity index (χ1v) is 25.9. The summed E-state index contributed by atoms with van der Waals surface area (Å²) in [7, 11) is 0.902. The molecule has 2 atom stereocenters. The van der Waals surface area contributed by atoms with Crippen LogP contribution < -0.4 is 0 Å². The van der Waals surface area contributed by atoms with Crippen molar-refractivity contribution in [3.8, 4) is 22.3 Å². The Bertz CT molecular complexity index is 2020. The third kappa shape index (κ3) is 10.2. The van der Waals surface area contributed by atoms with E-state index in [9.17, 15) is 0 Å². The molecular formula is C60H82Si. The van der Waals surface area contributed by atoms with Crippen molar-refractivity contribution in [2.45, 2.75) is 208 Å². The molecule has 61 heavy (non-hydrogen) atoms. The Hall–Kier alpha value is -3.42. The quantitative estimate of drug-likeness (QED) is 0.0987. The number of hydrogen-bond acceptors (Lipinski definition) is 0. The first-order valence-electron chi connectivity index (χ1n) is 24.5. The van der Waals surface area contributed by atoms with Gasteiger partial charge in [0.25, 0.3) is 0 Å². The van der Waals surface area contributed by atoms with Crippen LogP contribution in [0.4, 0.5) is 0 Å². The summed E-state index contributed by atoms with van der Waals surface area (Å²) in [6, 6.07) is 27.7. The van der Waals surface area contributed by atoms with Crippen molar-refractivity contribution in [2.75, 3.05) is 0 Å². The molecule has 0 amide bonds. The molecule has 0 saturated heterocycles. The highest BCUT2D eigenvalue weighted by atomic mass is 28.2. The van der Waals surface area contributed by atoms with Crippen LogP contribution in [0.5, 0.6) is 0 Å². The molecule has 6 rings (SSSR count). The topological polar surface area (TPSA) is 0 Å². The molecule has 2 radical (unpaired) electrons. The second-order valence-electron chi connectivity index (χ2n) is 22.3. The second-order valence-corrected chi connectivity index (χ2v) is 23.6. The zero-order valence-corrected chi connectivity index (χ0v) is 42.5. The zero-order valence-electron chi connectivity index (χ0n) is 41.5. The Kier molecular flexibility index (Phi) is 14.8. The predicted octanol–water partition coefficient (Wildman–Crippen LogP) is 18.7. The van der Waals surface area contributed by atoms with Crippen LogP contribution in [-0.4, -0.2) is 9.52 Å². The van der Waals surface area contributed by atoms with E-state index in [1.807, 2.05) is 0 Å². The smallest absolute Gasteiger partial charge is 0.0397 e. The van der Waals surface area contributed by atoms with Gasteiger partial charge in [-0.3, -0.25) is 0 Å². The van der Waals surface area contributed by atoms with Crippen LogP contribution in [0.3, 0.4) is 0 Å². The van der Waals surface area contributed by atoms with Gasteiger partial charge in [-0.1, -0.05) is 220 Å². The lowest BCUT2D eigenvalue weighted by Gasteiger charge is -2.28. The number of rotatable bonds is 16. The van der Waals surface area contributed by atoms with Crippen molar-refractivity contribution in [1.82, 2.24) is 0 Å². The number of allylic oxidation sites excluding steroid dienone is 2. The van der Waals surface area contributed by atoms with Crippen LogP contribution in [0.2, 0.25) is 12.1 Å². The molecule has 326 valence electrons. The Morgan fingerprint density at radius 2 is 0.803 bits per heavy atom. The van der Waals surface area contributed by atoms with Crippen LogP contribution in [0.15, 0.2) is 71.8 Å². The highest BCUT2D eigenvalue weighted by Crippen LogP contribution is 2.51. The van der Waals surface area contributed by atoms with Gasteiger partial charge in [0, 0.05) is 21.4 Å². The number of benzene rings is 4. The number of unbranched alkanes of at least 4 members (excludes halogenated alkanes) is 2. The van der Waals surface area contributed by atoms with Crippen LogP contribution in [0, 0.1) is 0 Å². The van der Waals surface area contributed by atoms with Gasteiger partial charge in [-0.15, -0.1) is 0 Å². The van der Waals surface area contributed by atoms with Crippen molar-refractivity contribution in [2.24, 2.45) is 0 Å². The van der Waals surface area contributed by atoms with E-state index in [0.717, 1.165) is 9.52 Å². The van der Waals surface area contributed by atoms with Gasteiger partial charge in [0.1, 0.15) is 0 Å². The van der Waals surface area contributed by atoms with E-state index in [-0.39, 0.29) is 10.8 Å². The monoisotopic (exact) mass is 831 g/mol. The van der Waals surface area contributed by atoms with Crippen molar-refractivity contribution in [3.05, 3.63) is 127 Å². The normalized spacial score (nSPS) is 16.6. The third-order valence-corrected chi connectivity index (χ3v) is 15.4. The highest BCUT2D eigenvalue weighted by molar-refractivity contribution is 6.36. The first-order chi connectivity index (χ1) is 28.7. The number of fused-ring (bicyclic) bond motifs is 2. The summed E-state index contributed by atoms with van der Waals surface area (Å²) < 4.78 is 0. The Morgan fingerprint density at radius 1 is 0.475 bits per heavy atom. The van der Waals surface area contributed by atoms with E-state index < -0.39 is 0 Å². The summed E-state index contributed by atoms with van der Waals surface area (Å²) in [6.07, 6.45) is 12.8. The molecule has 4 aromatic carbocycles. The highest BCUT2D eigenvalue weighted by Gasteiger charge is 2.34. The van der Waals surface area contributed by atoms with Gasteiger partial charge in [0.05, 0.1) is 0 Å². The SMILES string of the molecule is CCCCC1=Cc2c(ccc(C(C)(C)C)c2-c2cc(C(C)C)cc(C(C)C)c2)C1C[Si]CC1C(CCCC)=Cc2c1ccc(C(C)(C)C)c2-c1cc(C(C)C)cc(C(C)C)c1. The summed E-state index contributed by atoms with van der Waals surface area (Å²) in [5.74, 6) is 2.98. The predicted molar refractivity (Wildman–Crippen MR) is 273 cm³/mol. The lowest BCUT2D eigenvalue weighted by molar-refractivity contribution is 0.591. The summed E-state index contributed by atoms with van der Waals surface area (Å²) in [4.78, 5) is 0. The van der Waals surface area contributed by atoms with E-state index in [0.29, 0.717) is 35.5 Å². The standard InChI is InChI=1S/C60H82Si/c1-17-19-21-41-33-51-49(23-25-55(59(11,12)13)57(51)47-29-43(37(3)4)27-44(30-47)38(5)6)53(41)35-61-36-54-42(22-20-18-2)34-52-50(54)24-26-56(60(14,15)16)58(52)48-31-45(39(7)8)28-46(32-48)40(9)10/h23-34,37-40,53-54H,17-22,35-36H2,1-16H3. The molecule has 2 unspecified atom stereocenters. The van der Waals surface area contributed by atoms with E-state index in [4.69, 9.17) is 0 Å². The van der Waals surface area contributed by atoms with Crippen molar-refractivity contribution < 1.29 is 0 Å².